The van der Waals surface area contributed by atoms with E-state index in [9.17, 15) is 9.59 Å². The van der Waals surface area contributed by atoms with Gasteiger partial charge in [-0.1, -0.05) is 0 Å². The van der Waals surface area contributed by atoms with Gasteiger partial charge in [-0.3, -0.25) is 0 Å². The van der Waals surface area contributed by atoms with Crippen LogP contribution in [0.4, 0.5) is 0 Å². The van der Waals surface area contributed by atoms with Crippen molar-refractivity contribution in [2.75, 3.05) is 13.7 Å². The molecule has 1 rings (SSSR count). The van der Waals surface area contributed by atoms with Crippen LogP contribution in [0, 0.1) is 0 Å². The van der Waals surface area contributed by atoms with Crippen molar-refractivity contribution in [1.29, 1.82) is 0 Å². The second-order valence-electron chi connectivity index (χ2n) is 2.97. The van der Waals surface area contributed by atoms with Gasteiger partial charge in [-0.15, -0.1) is 5.10 Å². The van der Waals surface area contributed by atoms with Gasteiger partial charge in [-0.2, -0.15) is 0 Å². The lowest BCUT2D eigenvalue weighted by atomic mass is 10.3. The fourth-order valence-electron chi connectivity index (χ4n) is 1.02. The number of aromatic nitrogens is 3. The zero-order valence-electron chi connectivity index (χ0n) is 9.34. The molecule has 1 atom stereocenters. The number of carbonyl (C=O) groups is 2. The van der Waals surface area contributed by atoms with Gasteiger partial charge in [0.1, 0.15) is 12.4 Å². The van der Waals surface area contributed by atoms with E-state index in [4.69, 9.17) is 4.74 Å². The summed E-state index contributed by atoms with van der Waals surface area (Å²) in [5.74, 6) is -1.16. The smallest absolute Gasteiger partial charge is 0.377 e. The normalized spacial score (nSPS) is 11.9. The van der Waals surface area contributed by atoms with Crippen LogP contribution in [0.15, 0.2) is 6.33 Å². The SMILES string of the molecule is CCOC(=O)C(C)n1cnc(C(=O)OC)n1. The standard InChI is InChI=1S/C9H13N3O4/c1-4-16-8(13)6(2)12-5-10-7(11-12)9(14)15-3/h5-6H,4H2,1-3H3. The topological polar surface area (TPSA) is 83.3 Å². The molecule has 1 aromatic heterocycles. The fraction of sp³-hybridized carbons (Fsp3) is 0.556. The van der Waals surface area contributed by atoms with Crippen LogP contribution in [-0.2, 0) is 14.3 Å². The maximum Gasteiger partial charge on any atom is 0.377 e. The summed E-state index contributed by atoms with van der Waals surface area (Å²) in [4.78, 5) is 26.2. The molecule has 16 heavy (non-hydrogen) atoms. The van der Waals surface area contributed by atoms with Crippen molar-refractivity contribution in [1.82, 2.24) is 14.8 Å². The van der Waals surface area contributed by atoms with E-state index in [0.29, 0.717) is 6.61 Å². The summed E-state index contributed by atoms with van der Waals surface area (Å²) in [7, 11) is 1.23. The molecular weight excluding hydrogens is 214 g/mol. The van der Waals surface area contributed by atoms with Gasteiger partial charge in [0.2, 0.25) is 0 Å². The monoisotopic (exact) mass is 227 g/mol. The van der Waals surface area contributed by atoms with Crippen molar-refractivity contribution in [3.8, 4) is 0 Å². The molecule has 1 aromatic rings. The molecule has 0 saturated carbocycles. The zero-order valence-corrected chi connectivity index (χ0v) is 9.34. The van der Waals surface area contributed by atoms with Crippen LogP contribution < -0.4 is 0 Å². The third-order valence-corrected chi connectivity index (χ3v) is 1.90. The summed E-state index contributed by atoms with van der Waals surface area (Å²) in [6.45, 7) is 3.61. The van der Waals surface area contributed by atoms with E-state index in [1.54, 1.807) is 13.8 Å². The Bertz CT molecular complexity index is 388. The molecule has 1 unspecified atom stereocenters. The third kappa shape index (κ3) is 2.56. The summed E-state index contributed by atoms with van der Waals surface area (Å²) < 4.78 is 10.5. The Hall–Kier alpha value is -1.92. The molecule has 0 spiro atoms. The quantitative estimate of drug-likeness (QED) is 0.683. The number of ether oxygens (including phenoxy) is 2. The van der Waals surface area contributed by atoms with Gasteiger partial charge in [0.05, 0.1) is 13.7 Å². The van der Waals surface area contributed by atoms with Crippen molar-refractivity contribution in [3.05, 3.63) is 12.2 Å². The van der Waals surface area contributed by atoms with E-state index in [0.717, 1.165) is 0 Å². The highest BCUT2D eigenvalue weighted by atomic mass is 16.5. The van der Waals surface area contributed by atoms with Crippen molar-refractivity contribution < 1.29 is 19.1 Å². The van der Waals surface area contributed by atoms with Crippen molar-refractivity contribution in [2.45, 2.75) is 19.9 Å². The average molecular weight is 227 g/mol. The molecule has 1 heterocycles. The molecule has 0 amide bonds. The highest BCUT2D eigenvalue weighted by Gasteiger charge is 2.19. The Morgan fingerprint density at radius 3 is 2.81 bits per heavy atom. The first-order valence-electron chi connectivity index (χ1n) is 4.76. The molecule has 7 nitrogen and oxygen atoms in total. The van der Waals surface area contributed by atoms with Gasteiger partial charge in [0.25, 0.3) is 5.82 Å². The minimum atomic E-state index is -0.644. The second kappa shape index (κ2) is 5.24. The van der Waals surface area contributed by atoms with E-state index >= 15 is 0 Å². The van der Waals surface area contributed by atoms with Gasteiger partial charge in [-0.05, 0) is 13.8 Å². The molecule has 0 aromatic carbocycles. The first-order valence-corrected chi connectivity index (χ1v) is 4.76. The third-order valence-electron chi connectivity index (χ3n) is 1.90. The summed E-state index contributed by atoms with van der Waals surface area (Å²) >= 11 is 0. The average Bonchev–Trinajstić information content (AvgIpc) is 2.76. The number of hydrogen-bond donors (Lipinski definition) is 0. The number of esters is 2. The highest BCUT2D eigenvalue weighted by Crippen LogP contribution is 2.06. The van der Waals surface area contributed by atoms with Crippen LogP contribution in [0.2, 0.25) is 0 Å². The molecule has 0 aliphatic carbocycles. The van der Waals surface area contributed by atoms with Crippen LogP contribution in [0.3, 0.4) is 0 Å². The summed E-state index contributed by atoms with van der Waals surface area (Å²) in [6.07, 6.45) is 1.29. The number of hydrogen-bond acceptors (Lipinski definition) is 6. The van der Waals surface area contributed by atoms with Crippen LogP contribution in [0.1, 0.15) is 30.5 Å². The lowest BCUT2D eigenvalue weighted by Crippen LogP contribution is -2.20. The Balaban J connectivity index is 2.77. The molecule has 88 valence electrons. The maximum atomic E-state index is 11.4. The van der Waals surface area contributed by atoms with E-state index in [-0.39, 0.29) is 5.82 Å². The molecule has 0 bridgehead atoms. The van der Waals surface area contributed by atoms with Gasteiger partial charge in [-0.25, -0.2) is 19.3 Å². The molecular formula is C9H13N3O4. The minimum absolute atomic E-state index is 0.0846. The number of methoxy groups -OCH3 is 1. The largest absolute Gasteiger partial charge is 0.464 e. The van der Waals surface area contributed by atoms with Gasteiger partial charge in [0, 0.05) is 0 Å². The highest BCUT2D eigenvalue weighted by molar-refractivity contribution is 5.84. The molecule has 0 saturated heterocycles. The molecule has 0 radical (unpaired) electrons. The molecule has 0 fully saturated rings. The first kappa shape index (κ1) is 12.2. The Morgan fingerprint density at radius 1 is 1.56 bits per heavy atom. The van der Waals surface area contributed by atoms with E-state index in [1.165, 1.54) is 18.1 Å². The molecule has 0 N–H and O–H groups in total. The van der Waals surface area contributed by atoms with Crippen molar-refractivity contribution in [3.63, 3.8) is 0 Å². The predicted octanol–water partition coefficient (Wildman–Crippen LogP) is 0.189. The van der Waals surface area contributed by atoms with Gasteiger partial charge < -0.3 is 9.47 Å². The minimum Gasteiger partial charge on any atom is -0.464 e. The Morgan fingerprint density at radius 2 is 2.25 bits per heavy atom. The van der Waals surface area contributed by atoms with Crippen molar-refractivity contribution >= 4 is 11.9 Å². The molecule has 0 aliphatic heterocycles. The predicted molar refractivity (Wildman–Crippen MR) is 52.7 cm³/mol. The summed E-state index contributed by atoms with van der Waals surface area (Å²) in [5, 5.41) is 3.81. The first-order chi connectivity index (χ1) is 7.60. The lowest BCUT2D eigenvalue weighted by molar-refractivity contribution is -0.146. The van der Waals surface area contributed by atoms with E-state index in [2.05, 4.69) is 14.8 Å². The number of carbonyl (C=O) groups excluding carboxylic acids is 2. The maximum absolute atomic E-state index is 11.4. The molecule has 7 heteroatoms. The Labute approximate surface area is 92.4 Å². The lowest BCUT2D eigenvalue weighted by Gasteiger charge is -2.09. The van der Waals surface area contributed by atoms with Crippen molar-refractivity contribution in [2.24, 2.45) is 0 Å². The summed E-state index contributed by atoms with van der Waals surface area (Å²) in [6, 6.07) is -0.620. The van der Waals surface area contributed by atoms with Crippen LogP contribution >= 0.6 is 0 Å². The van der Waals surface area contributed by atoms with Crippen LogP contribution in [0.5, 0.6) is 0 Å². The van der Waals surface area contributed by atoms with Gasteiger partial charge in [0.15, 0.2) is 0 Å². The van der Waals surface area contributed by atoms with Crippen LogP contribution in [-0.4, -0.2) is 40.4 Å². The summed E-state index contributed by atoms with van der Waals surface area (Å²) in [5.41, 5.74) is 0. The zero-order chi connectivity index (χ0) is 12.1. The van der Waals surface area contributed by atoms with E-state index < -0.39 is 18.0 Å². The number of nitrogens with zero attached hydrogens (tertiary/aromatic N) is 3. The van der Waals surface area contributed by atoms with Gasteiger partial charge >= 0.3 is 11.9 Å². The fourth-order valence-corrected chi connectivity index (χ4v) is 1.02. The second-order valence-corrected chi connectivity index (χ2v) is 2.97. The number of rotatable bonds is 4. The Kier molecular flexibility index (Phi) is 3.98. The van der Waals surface area contributed by atoms with E-state index in [1.807, 2.05) is 0 Å². The van der Waals surface area contributed by atoms with Crippen LogP contribution in [0.25, 0.3) is 0 Å². The molecule has 0 aliphatic rings.